The van der Waals surface area contributed by atoms with E-state index in [0.29, 0.717) is 27.7 Å². The van der Waals surface area contributed by atoms with Gasteiger partial charge < -0.3 is 25.4 Å². The lowest BCUT2D eigenvalue weighted by atomic mass is 10.1. The first kappa shape index (κ1) is 22.8. The molecule has 0 spiro atoms. The maximum absolute atomic E-state index is 14.1. The molecule has 36 heavy (non-hydrogen) atoms. The van der Waals surface area contributed by atoms with Gasteiger partial charge in [-0.3, -0.25) is 0 Å². The summed E-state index contributed by atoms with van der Waals surface area (Å²) in [5.74, 6) is 1.20. The molecule has 2 heterocycles. The molecule has 0 amide bonds. The van der Waals surface area contributed by atoms with Gasteiger partial charge in [0.15, 0.2) is 22.1 Å². The summed E-state index contributed by atoms with van der Waals surface area (Å²) in [5, 5.41) is 43.0. The van der Waals surface area contributed by atoms with E-state index in [1.165, 1.54) is 16.4 Å². The van der Waals surface area contributed by atoms with Crippen molar-refractivity contribution in [2.75, 3.05) is 24.2 Å². The van der Waals surface area contributed by atoms with Gasteiger partial charge in [-0.15, -0.1) is 5.10 Å². The van der Waals surface area contributed by atoms with Crippen LogP contribution < -0.4 is 5.32 Å². The predicted molar refractivity (Wildman–Crippen MR) is 133 cm³/mol. The van der Waals surface area contributed by atoms with E-state index in [9.17, 15) is 19.7 Å². The molecule has 4 N–H and O–H groups in total. The number of halogens is 1. The predicted octanol–water partition coefficient (Wildman–Crippen LogP) is 2.18. The van der Waals surface area contributed by atoms with Crippen LogP contribution >= 0.6 is 11.8 Å². The van der Waals surface area contributed by atoms with E-state index >= 15 is 0 Å². The fourth-order valence-electron chi connectivity index (χ4n) is 4.65. The van der Waals surface area contributed by atoms with Crippen LogP contribution in [-0.2, 0) is 4.74 Å². The number of anilines is 1. The second-order valence-electron chi connectivity index (χ2n) is 9.30. The van der Waals surface area contributed by atoms with Crippen molar-refractivity contribution in [1.82, 2.24) is 25.0 Å². The van der Waals surface area contributed by atoms with Crippen LogP contribution in [0.4, 0.5) is 10.2 Å². The van der Waals surface area contributed by atoms with Crippen LogP contribution in [0.2, 0.25) is 0 Å². The normalized spacial score (nSPS) is 28.8. The van der Waals surface area contributed by atoms with Gasteiger partial charge in [-0.05, 0) is 37.0 Å². The zero-order valence-electron chi connectivity index (χ0n) is 22.0. The number of nitrogens with one attached hydrogen (secondary N) is 1. The van der Waals surface area contributed by atoms with E-state index in [0.717, 1.165) is 24.2 Å². The number of hydrogen-bond acceptors (Lipinski definition) is 10. The lowest BCUT2D eigenvalue weighted by Gasteiger charge is -2.17. The molecule has 1 aromatic carbocycles. The summed E-state index contributed by atoms with van der Waals surface area (Å²) in [5.41, 5.74) is 2.31. The van der Waals surface area contributed by atoms with Crippen molar-refractivity contribution >= 4 is 28.7 Å². The lowest BCUT2D eigenvalue weighted by molar-refractivity contribution is -0.0629. The zero-order valence-corrected chi connectivity index (χ0v) is 20.8. The number of thioether (sulfide) groups is 1. The average Bonchev–Trinajstić information content (AvgIpc) is 3.41. The summed E-state index contributed by atoms with van der Waals surface area (Å²) < 4.78 is 35.4. The third-order valence-corrected chi connectivity index (χ3v) is 7.80. The van der Waals surface area contributed by atoms with Crippen LogP contribution in [0.25, 0.3) is 11.2 Å². The first-order valence-corrected chi connectivity index (χ1v) is 13.0. The molecule has 0 saturated heterocycles. The first-order chi connectivity index (χ1) is 18.1. The topological polar surface area (TPSA) is 138 Å². The van der Waals surface area contributed by atoms with E-state index in [4.69, 9.17) is 7.48 Å². The molecule has 6 atom stereocenters. The molecule has 0 unspecified atom stereocenters. The third-order valence-electron chi connectivity index (χ3n) is 6.75. The van der Waals surface area contributed by atoms with Crippen LogP contribution in [0.15, 0.2) is 23.4 Å². The smallest absolute Gasteiger partial charge is 0.191 e. The van der Waals surface area contributed by atoms with Crippen LogP contribution in [0.5, 0.6) is 0 Å². The molecule has 0 aliphatic heterocycles. The summed E-state index contributed by atoms with van der Waals surface area (Å²) in [7, 11) is 0. The molecule has 10 nitrogen and oxygen atoms in total. The van der Waals surface area contributed by atoms with Crippen molar-refractivity contribution in [3.8, 4) is 0 Å². The van der Waals surface area contributed by atoms with Gasteiger partial charge in [-0.1, -0.05) is 36.0 Å². The van der Waals surface area contributed by atoms with Crippen molar-refractivity contribution in [1.29, 1.82) is 0 Å². The van der Waals surface area contributed by atoms with Gasteiger partial charge in [0.25, 0.3) is 0 Å². The number of nitrogens with zero attached hydrogens (tertiary/aromatic N) is 5. The monoisotopic (exact) mass is 520 g/mol. The number of benzene rings is 1. The Morgan fingerprint density at radius 3 is 2.86 bits per heavy atom. The number of aryl methyl sites for hydroxylation is 1. The molecule has 2 aliphatic carbocycles. The highest BCUT2D eigenvalue weighted by atomic mass is 32.2. The quantitative estimate of drug-likeness (QED) is 0.232. The summed E-state index contributed by atoms with van der Waals surface area (Å²) in [4.78, 5) is 9.31. The molecule has 0 radical (unpaired) electrons. The standard InChI is InChI=1S/C24H31FN6O4S/c1-3-8-36-24-27-22(26-16-10-14(16)13-5-4-12(2)15(25)9-13)19-23(28-24)31(30-29-19)17-11-18(35-7-6-32)21(34)20(17)33/h4-5,9,14,16-18,20-21,32-34H,3,6-8,10-11H2,1-2H3,(H,26,27,28)/t14-,16+,17+,18-,20-,21+/m0/s1/i6D2. The Balaban J connectivity index is 1.41. The maximum Gasteiger partial charge on any atom is 0.191 e. The van der Waals surface area contributed by atoms with Gasteiger partial charge in [0, 0.05) is 24.1 Å². The number of aliphatic hydroxyl groups is 3. The van der Waals surface area contributed by atoms with E-state index in [1.54, 1.807) is 19.1 Å². The summed E-state index contributed by atoms with van der Waals surface area (Å²) in [6.45, 7) is 0.579. The molecule has 2 saturated carbocycles. The van der Waals surface area contributed by atoms with Crippen LogP contribution in [0.3, 0.4) is 0 Å². The number of aromatic nitrogens is 5. The largest absolute Gasteiger partial charge is 0.394 e. The number of fused-ring (bicyclic) bond motifs is 1. The van der Waals surface area contributed by atoms with E-state index in [1.807, 2.05) is 6.07 Å². The number of ether oxygens (including phenoxy) is 1. The van der Waals surface area contributed by atoms with E-state index < -0.39 is 37.5 Å². The third kappa shape index (κ3) is 4.92. The van der Waals surface area contributed by atoms with Gasteiger partial charge in [-0.2, -0.15) is 0 Å². The Kier molecular flexibility index (Phi) is 6.67. The Bertz CT molecular complexity index is 1310. The fourth-order valence-corrected chi connectivity index (χ4v) is 5.34. The minimum atomic E-state index is -2.56. The molecular weight excluding hydrogens is 487 g/mol. The summed E-state index contributed by atoms with van der Waals surface area (Å²) in [6.07, 6.45) is -1.64. The molecule has 2 fully saturated rings. The maximum atomic E-state index is 14.1. The van der Waals surface area contributed by atoms with Gasteiger partial charge >= 0.3 is 0 Å². The summed E-state index contributed by atoms with van der Waals surface area (Å²) in [6, 6.07) is 4.59. The van der Waals surface area contributed by atoms with Crippen molar-refractivity contribution in [2.24, 2.45) is 0 Å². The van der Waals surface area contributed by atoms with Gasteiger partial charge in [0.2, 0.25) is 0 Å². The fraction of sp³-hybridized carbons (Fsp3) is 0.583. The molecule has 0 bridgehead atoms. The Hall–Kier alpha value is -2.38. The van der Waals surface area contributed by atoms with Crippen LogP contribution in [0.1, 0.15) is 52.0 Å². The van der Waals surface area contributed by atoms with Crippen molar-refractivity contribution in [2.45, 2.75) is 74.6 Å². The Morgan fingerprint density at radius 2 is 2.11 bits per heavy atom. The van der Waals surface area contributed by atoms with Crippen molar-refractivity contribution < 1.29 is 27.2 Å². The second-order valence-corrected chi connectivity index (χ2v) is 10.4. The molecule has 2 aromatic heterocycles. The molecule has 5 rings (SSSR count). The molecule has 3 aromatic rings. The second kappa shape index (κ2) is 10.5. The van der Waals surface area contributed by atoms with E-state index in [-0.39, 0.29) is 24.2 Å². The first-order valence-electron chi connectivity index (χ1n) is 13.0. The highest BCUT2D eigenvalue weighted by molar-refractivity contribution is 7.99. The number of aliphatic hydroxyl groups excluding tert-OH is 2. The average molecular weight is 521 g/mol. The van der Waals surface area contributed by atoms with Crippen LogP contribution in [-0.4, -0.2) is 83.6 Å². The molecular formula is C24H31FN6O4S. The lowest BCUT2D eigenvalue weighted by Crippen LogP contribution is -2.33. The van der Waals surface area contributed by atoms with Gasteiger partial charge in [-0.25, -0.2) is 19.0 Å². The highest BCUT2D eigenvalue weighted by Gasteiger charge is 2.45. The molecule has 12 heteroatoms. The van der Waals surface area contributed by atoms with Crippen molar-refractivity contribution in [3.05, 3.63) is 35.1 Å². The molecule has 2 aliphatic rings. The number of hydrogen-bond donors (Lipinski definition) is 4. The van der Waals surface area contributed by atoms with Gasteiger partial charge in [0.05, 0.1) is 28.1 Å². The molecule has 194 valence electrons. The SMILES string of the molecule is [2H]C([2H])(O)CO[C@H]1C[C@@H](n2nnc3c(N[C@@H]4C[C@H]4c4ccc(C)c(F)c4)nc(SCCC)nc32)[C@H](O)[C@@H]1O. The van der Waals surface area contributed by atoms with Crippen molar-refractivity contribution in [3.63, 3.8) is 0 Å². The van der Waals surface area contributed by atoms with Gasteiger partial charge in [0.1, 0.15) is 18.0 Å². The van der Waals surface area contributed by atoms with E-state index in [2.05, 4.69) is 32.5 Å². The van der Waals surface area contributed by atoms with Crippen LogP contribution in [0, 0.1) is 12.7 Å². The highest BCUT2D eigenvalue weighted by Crippen LogP contribution is 2.44. The minimum absolute atomic E-state index is 0.0366. The minimum Gasteiger partial charge on any atom is -0.394 e. The Labute approximate surface area is 215 Å². The number of rotatable bonds is 10. The summed E-state index contributed by atoms with van der Waals surface area (Å²) >= 11 is 1.48. The zero-order chi connectivity index (χ0) is 27.2. The Morgan fingerprint density at radius 1 is 1.28 bits per heavy atom.